The fourth-order valence-corrected chi connectivity index (χ4v) is 4.09. The Morgan fingerprint density at radius 1 is 0.920 bits per heavy atom. The van der Waals surface area contributed by atoms with Crippen molar-refractivity contribution < 1.29 is 4.42 Å². The predicted molar refractivity (Wildman–Crippen MR) is 103 cm³/mol. The molecule has 25 heavy (non-hydrogen) atoms. The molecule has 1 aliphatic carbocycles. The molecule has 0 unspecified atom stereocenters. The van der Waals surface area contributed by atoms with E-state index in [1.165, 1.54) is 56.9 Å². The summed E-state index contributed by atoms with van der Waals surface area (Å²) in [5.74, 6) is 3.12. The minimum Gasteiger partial charge on any atom is -0.421 e. The molecule has 0 saturated heterocycles. The van der Waals surface area contributed by atoms with Crippen LogP contribution in [0.1, 0.15) is 89.0 Å². The lowest BCUT2D eigenvalue weighted by Crippen LogP contribution is -2.13. The van der Waals surface area contributed by atoms with Gasteiger partial charge >= 0.3 is 0 Å². The van der Waals surface area contributed by atoms with Crippen LogP contribution in [0.5, 0.6) is 0 Å². The smallest absolute Gasteiger partial charge is 0.247 e. The van der Waals surface area contributed by atoms with Crippen molar-refractivity contribution >= 4 is 0 Å². The fraction of sp³-hybridized carbons (Fsp3) is 0.636. The number of hydrogen-bond donors (Lipinski definition) is 0. The molecule has 0 amide bonds. The number of hydrogen-bond acceptors (Lipinski definition) is 3. The van der Waals surface area contributed by atoms with Crippen LogP contribution < -0.4 is 0 Å². The summed E-state index contributed by atoms with van der Waals surface area (Å²) >= 11 is 0. The third-order valence-corrected chi connectivity index (χ3v) is 5.63. The summed E-state index contributed by atoms with van der Waals surface area (Å²) in [5.41, 5.74) is 2.51. The van der Waals surface area contributed by atoms with E-state index in [0.717, 1.165) is 36.1 Å². The molecule has 0 N–H and O–H groups in total. The van der Waals surface area contributed by atoms with Gasteiger partial charge in [0.15, 0.2) is 0 Å². The first kappa shape index (κ1) is 18.2. The number of rotatable bonds is 8. The Labute approximate surface area is 152 Å². The Balaban J connectivity index is 1.57. The van der Waals surface area contributed by atoms with Gasteiger partial charge in [-0.15, -0.1) is 10.2 Å². The molecule has 1 aliphatic rings. The van der Waals surface area contributed by atoms with Gasteiger partial charge in [0.1, 0.15) is 0 Å². The summed E-state index contributed by atoms with van der Waals surface area (Å²) in [6.07, 6.45) is 12.6. The van der Waals surface area contributed by atoms with E-state index in [-0.39, 0.29) is 0 Å². The van der Waals surface area contributed by atoms with Gasteiger partial charge in [0.2, 0.25) is 11.8 Å². The molecule has 0 bridgehead atoms. The predicted octanol–water partition coefficient (Wildman–Crippen LogP) is 6.54. The Morgan fingerprint density at radius 3 is 2.36 bits per heavy atom. The lowest BCUT2D eigenvalue weighted by atomic mass is 9.77. The zero-order valence-electron chi connectivity index (χ0n) is 15.8. The van der Waals surface area contributed by atoms with Crippen molar-refractivity contribution in [3.05, 3.63) is 35.7 Å². The van der Waals surface area contributed by atoms with Crippen LogP contribution in [0.25, 0.3) is 11.5 Å². The van der Waals surface area contributed by atoms with Crippen LogP contribution >= 0.6 is 0 Å². The van der Waals surface area contributed by atoms with Crippen LogP contribution in [0.3, 0.4) is 0 Å². The van der Waals surface area contributed by atoms with E-state index in [9.17, 15) is 0 Å². The van der Waals surface area contributed by atoms with Gasteiger partial charge in [-0.3, -0.25) is 0 Å². The molecule has 136 valence electrons. The number of unbranched alkanes of at least 4 members (excludes halogenated alkanes) is 2. The average molecular weight is 341 g/mol. The Hall–Kier alpha value is -1.64. The second-order valence-corrected chi connectivity index (χ2v) is 7.59. The molecule has 1 fully saturated rings. The van der Waals surface area contributed by atoms with Gasteiger partial charge in [0.25, 0.3) is 0 Å². The topological polar surface area (TPSA) is 38.9 Å². The van der Waals surface area contributed by atoms with E-state index < -0.39 is 0 Å². The van der Waals surface area contributed by atoms with Gasteiger partial charge in [0, 0.05) is 12.0 Å². The summed E-state index contributed by atoms with van der Waals surface area (Å²) in [6, 6.07) is 8.83. The van der Waals surface area contributed by atoms with E-state index in [0.29, 0.717) is 5.89 Å². The van der Waals surface area contributed by atoms with Crippen LogP contribution in [0.4, 0.5) is 0 Å². The van der Waals surface area contributed by atoms with Crippen molar-refractivity contribution in [3.63, 3.8) is 0 Å². The zero-order chi connectivity index (χ0) is 17.5. The third kappa shape index (κ3) is 4.93. The first-order valence-corrected chi connectivity index (χ1v) is 10.2. The summed E-state index contributed by atoms with van der Waals surface area (Å²) in [7, 11) is 0. The molecule has 0 aliphatic heterocycles. The normalized spacial score (nSPS) is 20.7. The number of nitrogens with zero attached hydrogens (tertiary/aromatic N) is 2. The Kier molecular flexibility index (Phi) is 6.66. The van der Waals surface area contributed by atoms with Crippen LogP contribution in [0.15, 0.2) is 28.7 Å². The second-order valence-electron chi connectivity index (χ2n) is 7.59. The number of aromatic nitrogens is 2. The molecule has 1 aromatic heterocycles. The monoisotopic (exact) mass is 340 g/mol. The minimum absolute atomic E-state index is 0.657. The number of aryl methyl sites for hydroxylation is 1. The van der Waals surface area contributed by atoms with E-state index in [2.05, 4.69) is 48.3 Å². The summed E-state index contributed by atoms with van der Waals surface area (Å²) in [4.78, 5) is 0. The van der Waals surface area contributed by atoms with Gasteiger partial charge in [0.05, 0.1) is 0 Å². The average Bonchev–Trinajstić information content (AvgIpc) is 3.12. The lowest BCUT2D eigenvalue weighted by molar-refractivity contribution is 0.308. The molecule has 0 spiro atoms. The second kappa shape index (κ2) is 9.17. The van der Waals surface area contributed by atoms with Crippen LogP contribution in [0, 0.1) is 5.92 Å². The van der Waals surface area contributed by atoms with E-state index in [4.69, 9.17) is 4.42 Å². The van der Waals surface area contributed by atoms with Crippen LogP contribution in [-0.4, -0.2) is 10.2 Å². The summed E-state index contributed by atoms with van der Waals surface area (Å²) in [5, 5.41) is 8.41. The van der Waals surface area contributed by atoms with Crippen molar-refractivity contribution in [2.24, 2.45) is 5.92 Å². The number of benzene rings is 1. The fourth-order valence-electron chi connectivity index (χ4n) is 4.09. The highest BCUT2D eigenvalue weighted by atomic mass is 16.4. The van der Waals surface area contributed by atoms with Gasteiger partial charge in [-0.25, -0.2) is 0 Å². The first-order chi connectivity index (χ1) is 12.3. The molecule has 3 nitrogen and oxygen atoms in total. The maximum Gasteiger partial charge on any atom is 0.247 e. The molecular formula is C22H32N2O. The maximum absolute atomic E-state index is 5.82. The third-order valence-electron chi connectivity index (χ3n) is 5.63. The van der Waals surface area contributed by atoms with Gasteiger partial charge < -0.3 is 4.42 Å². The Bertz CT molecular complexity index is 624. The molecule has 0 atom stereocenters. The molecule has 0 radical (unpaired) electrons. The highest BCUT2D eigenvalue weighted by Crippen LogP contribution is 2.37. The molecule has 1 saturated carbocycles. The van der Waals surface area contributed by atoms with Crippen molar-refractivity contribution in [1.82, 2.24) is 10.2 Å². The molecule has 3 heteroatoms. The molecular weight excluding hydrogens is 308 g/mol. The van der Waals surface area contributed by atoms with Gasteiger partial charge in [-0.05, 0) is 61.6 Å². The zero-order valence-corrected chi connectivity index (χ0v) is 15.8. The SMILES string of the molecule is CCCCCc1nnc(-c2ccc(C3CCC(CCC)CC3)cc2)o1. The maximum atomic E-state index is 5.82. The lowest BCUT2D eigenvalue weighted by Gasteiger charge is -2.28. The highest BCUT2D eigenvalue weighted by molar-refractivity contribution is 5.53. The largest absolute Gasteiger partial charge is 0.421 e. The van der Waals surface area contributed by atoms with Gasteiger partial charge in [-0.2, -0.15) is 0 Å². The van der Waals surface area contributed by atoms with Crippen molar-refractivity contribution in [2.45, 2.75) is 84.0 Å². The Morgan fingerprint density at radius 2 is 1.68 bits per heavy atom. The van der Waals surface area contributed by atoms with Crippen LogP contribution in [0.2, 0.25) is 0 Å². The molecule has 3 rings (SSSR count). The molecule has 2 aromatic rings. The quantitative estimate of drug-likeness (QED) is 0.512. The first-order valence-electron chi connectivity index (χ1n) is 10.2. The summed E-state index contributed by atoms with van der Waals surface area (Å²) < 4.78 is 5.82. The van der Waals surface area contributed by atoms with Gasteiger partial charge in [-0.1, -0.05) is 51.7 Å². The summed E-state index contributed by atoms with van der Waals surface area (Å²) in [6.45, 7) is 4.51. The highest BCUT2D eigenvalue weighted by Gasteiger charge is 2.22. The van der Waals surface area contributed by atoms with Crippen molar-refractivity contribution in [3.8, 4) is 11.5 Å². The molecule has 1 aromatic carbocycles. The molecule has 1 heterocycles. The van der Waals surface area contributed by atoms with Crippen molar-refractivity contribution in [2.75, 3.05) is 0 Å². The van der Waals surface area contributed by atoms with E-state index >= 15 is 0 Å². The van der Waals surface area contributed by atoms with E-state index in [1.807, 2.05) is 0 Å². The van der Waals surface area contributed by atoms with Crippen molar-refractivity contribution in [1.29, 1.82) is 0 Å². The van der Waals surface area contributed by atoms with Crippen LogP contribution in [-0.2, 0) is 6.42 Å². The minimum atomic E-state index is 0.657. The van der Waals surface area contributed by atoms with E-state index in [1.54, 1.807) is 0 Å². The standard InChI is InChI=1S/C22H32N2O/c1-3-5-6-8-21-23-24-22(25-21)20-15-13-19(14-16-20)18-11-9-17(7-4-2)10-12-18/h13-18H,3-12H2,1-2H3.